The fourth-order valence-corrected chi connectivity index (χ4v) is 8.97. The van der Waals surface area contributed by atoms with Gasteiger partial charge in [-0.1, -0.05) is 26.3 Å². The number of piperidine rings is 1. The molecule has 0 amide bonds. The minimum absolute atomic E-state index is 0.422. The molecular weight excluding hydrogens is 470 g/mol. The molecule has 1 heterocycles. The van der Waals surface area contributed by atoms with Gasteiger partial charge in [0.25, 0.3) is 0 Å². The average Bonchev–Trinajstić information content (AvgIpc) is 3.26. The highest BCUT2D eigenvalue weighted by atomic mass is 16.5. The molecule has 4 aliphatic rings. The first-order valence-electron chi connectivity index (χ1n) is 15.4. The first-order chi connectivity index (χ1) is 18.5. The third-order valence-electron chi connectivity index (χ3n) is 10.9. The van der Waals surface area contributed by atoms with Gasteiger partial charge in [0.2, 0.25) is 0 Å². The van der Waals surface area contributed by atoms with Crippen LogP contribution in [0.4, 0.5) is 0 Å². The van der Waals surface area contributed by atoms with E-state index < -0.39 is 0 Å². The molecule has 3 aliphatic carbocycles. The van der Waals surface area contributed by atoms with Crippen LogP contribution in [0.3, 0.4) is 0 Å². The minimum atomic E-state index is 0.422. The smallest absolute Gasteiger partial charge is 0.119 e. The van der Waals surface area contributed by atoms with Crippen LogP contribution in [-0.2, 0) is 6.42 Å². The maximum atomic E-state index is 10.0. The van der Waals surface area contributed by atoms with Crippen LogP contribution < -0.4 is 9.47 Å². The van der Waals surface area contributed by atoms with Crippen LogP contribution in [0.15, 0.2) is 42.5 Å². The van der Waals surface area contributed by atoms with E-state index in [0.717, 1.165) is 61.9 Å². The Hall–Kier alpha value is -2.20. The summed E-state index contributed by atoms with van der Waals surface area (Å²) in [7, 11) is 0. The molecule has 2 aromatic carbocycles. The monoisotopic (exact) mass is 517 g/mol. The molecule has 1 N–H and O–H groups in total. The first-order valence-corrected chi connectivity index (χ1v) is 15.4. The molecule has 0 spiro atoms. The van der Waals surface area contributed by atoms with E-state index in [9.17, 15) is 5.11 Å². The molecule has 5 unspecified atom stereocenters. The molecule has 3 fully saturated rings. The summed E-state index contributed by atoms with van der Waals surface area (Å²) >= 11 is 0. The lowest BCUT2D eigenvalue weighted by Gasteiger charge is -2.53. The van der Waals surface area contributed by atoms with Gasteiger partial charge in [-0.3, -0.25) is 4.90 Å². The number of fused-ring (bicyclic) bond motifs is 5. The number of hydrogen-bond donors (Lipinski definition) is 1. The summed E-state index contributed by atoms with van der Waals surface area (Å²) in [4.78, 5) is 2.51. The fourth-order valence-electron chi connectivity index (χ4n) is 8.97. The summed E-state index contributed by atoms with van der Waals surface area (Å²) in [6.07, 6.45) is 11.6. The molecule has 38 heavy (non-hydrogen) atoms. The van der Waals surface area contributed by atoms with E-state index in [-0.39, 0.29) is 0 Å². The van der Waals surface area contributed by atoms with Crippen molar-refractivity contribution >= 4 is 0 Å². The van der Waals surface area contributed by atoms with Gasteiger partial charge in [-0.25, -0.2) is 0 Å². The van der Waals surface area contributed by atoms with Gasteiger partial charge in [0, 0.05) is 6.54 Å². The Morgan fingerprint density at radius 1 is 0.921 bits per heavy atom. The van der Waals surface area contributed by atoms with Crippen molar-refractivity contribution < 1.29 is 14.6 Å². The quantitative estimate of drug-likeness (QED) is 0.395. The minimum Gasteiger partial charge on any atom is -0.508 e. The number of phenolic OH excluding ortho intramolecular Hbond substituents is 1. The summed E-state index contributed by atoms with van der Waals surface area (Å²) in [5.74, 6) is 6.01. The lowest BCUT2D eigenvalue weighted by molar-refractivity contribution is 0.000917. The lowest BCUT2D eigenvalue weighted by Crippen LogP contribution is -2.45. The fraction of sp³-hybridized carbons (Fsp3) is 0.647. The molecule has 1 saturated heterocycles. The number of benzene rings is 2. The van der Waals surface area contributed by atoms with Crippen LogP contribution >= 0.6 is 0 Å². The summed E-state index contributed by atoms with van der Waals surface area (Å²) in [6.45, 7) is 10.1. The van der Waals surface area contributed by atoms with Crippen molar-refractivity contribution in [3.05, 3.63) is 53.6 Å². The van der Waals surface area contributed by atoms with Crippen molar-refractivity contribution in [2.45, 2.75) is 77.6 Å². The molecule has 0 bridgehead atoms. The molecule has 2 aromatic rings. The van der Waals surface area contributed by atoms with E-state index in [4.69, 9.17) is 9.47 Å². The van der Waals surface area contributed by atoms with E-state index in [1.807, 2.05) is 12.1 Å². The Morgan fingerprint density at radius 2 is 1.66 bits per heavy atom. The van der Waals surface area contributed by atoms with Crippen molar-refractivity contribution in [1.82, 2.24) is 4.90 Å². The number of phenols is 1. The van der Waals surface area contributed by atoms with Crippen molar-refractivity contribution in [3.8, 4) is 17.2 Å². The lowest BCUT2D eigenvalue weighted by atomic mass is 9.51. The second-order valence-electron chi connectivity index (χ2n) is 13.0. The highest BCUT2D eigenvalue weighted by Crippen LogP contribution is 2.64. The van der Waals surface area contributed by atoms with Gasteiger partial charge in [0.15, 0.2) is 0 Å². The Morgan fingerprint density at radius 3 is 2.42 bits per heavy atom. The Bertz CT molecular complexity index is 1080. The summed E-state index contributed by atoms with van der Waals surface area (Å²) < 4.78 is 12.2. The molecule has 0 aromatic heterocycles. The number of hydrogen-bond acceptors (Lipinski definition) is 4. The Labute approximate surface area is 229 Å². The SMILES string of the molecule is CC1Cc2cc(O)ccc2C2CCC3(C)C(CC[C@@H]3CCOc3ccc(OCCN4CCCCC4)cc3)C12. The molecule has 4 nitrogen and oxygen atoms in total. The number of likely N-dealkylation sites (tertiary alicyclic amines) is 1. The standard InChI is InChI=1S/C34H47NO3/c1-24-22-25-23-27(36)7-12-30(25)31-14-16-34(2)26(6-13-32(34)33(24)31)15-20-37-28-8-10-29(11-9-28)38-21-19-35-17-4-3-5-18-35/h7-12,23-24,26,31-33,36H,3-6,13-22H2,1-2H3/t24?,26-,31?,32?,33?,34?/m1/s1. The molecular formula is C34H47NO3. The van der Waals surface area contributed by atoms with Crippen molar-refractivity contribution in [3.63, 3.8) is 0 Å². The van der Waals surface area contributed by atoms with E-state index in [1.165, 1.54) is 69.2 Å². The molecule has 6 atom stereocenters. The highest BCUT2D eigenvalue weighted by molar-refractivity contribution is 5.40. The molecule has 6 rings (SSSR count). The maximum Gasteiger partial charge on any atom is 0.119 e. The van der Waals surface area contributed by atoms with E-state index in [0.29, 0.717) is 23.0 Å². The normalized spacial score (nSPS) is 32.7. The molecule has 206 valence electrons. The van der Waals surface area contributed by atoms with E-state index in [2.05, 4.69) is 49.1 Å². The van der Waals surface area contributed by atoms with Gasteiger partial charge < -0.3 is 14.6 Å². The maximum absolute atomic E-state index is 10.0. The van der Waals surface area contributed by atoms with Crippen LogP contribution in [0.5, 0.6) is 17.2 Å². The molecule has 1 aliphatic heterocycles. The predicted octanol–water partition coefficient (Wildman–Crippen LogP) is 7.44. The zero-order valence-electron chi connectivity index (χ0n) is 23.5. The second kappa shape index (κ2) is 11.1. The summed E-state index contributed by atoms with van der Waals surface area (Å²) in [6, 6.07) is 14.4. The summed E-state index contributed by atoms with van der Waals surface area (Å²) in [5, 5.41) is 10.0. The summed E-state index contributed by atoms with van der Waals surface area (Å²) in [5.41, 5.74) is 3.35. The van der Waals surface area contributed by atoms with Crippen LogP contribution in [0.2, 0.25) is 0 Å². The molecule has 2 saturated carbocycles. The van der Waals surface area contributed by atoms with Gasteiger partial charge >= 0.3 is 0 Å². The van der Waals surface area contributed by atoms with Crippen LogP contribution in [0.25, 0.3) is 0 Å². The second-order valence-corrected chi connectivity index (χ2v) is 13.0. The zero-order chi connectivity index (χ0) is 26.1. The third kappa shape index (κ3) is 5.18. The van der Waals surface area contributed by atoms with Crippen molar-refractivity contribution in [2.75, 3.05) is 32.8 Å². The molecule has 0 radical (unpaired) electrons. The van der Waals surface area contributed by atoms with Crippen molar-refractivity contribution in [2.24, 2.45) is 29.1 Å². The third-order valence-corrected chi connectivity index (χ3v) is 10.9. The van der Waals surface area contributed by atoms with Crippen LogP contribution in [-0.4, -0.2) is 42.9 Å². The van der Waals surface area contributed by atoms with Crippen molar-refractivity contribution in [1.29, 1.82) is 0 Å². The van der Waals surface area contributed by atoms with Gasteiger partial charge in [-0.15, -0.1) is 0 Å². The number of aromatic hydroxyl groups is 1. The van der Waals surface area contributed by atoms with Crippen LogP contribution in [0.1, 0.15) is 82.3 Å². The van der Waals surface area contributed by atoms with Gasteiger partial charge in [-0.2, -0.15) is 0 Å². The number of ether oxygens (including phenoxy) is 2. The predicted molar refractivity (Wildman–Crippen MR) is 153 cm³/mol. The number of rotatable bonds is 8. The van der Waals surface area contributed by atoms with Gasteiger partial charge in [-0.05, 0) is 147 Å². The van der Waals surface area contributed by atoms with Crippen LogP contribution in [0, 0.1) is 29.1 Å². The molecule has 4 heteroatoms. The highest BCUT2D eigenvalue weighted by Gasteiger charge is 2.55. The number of nitrogens with zero attached hydrogens (tertiary/aromatic N) is 1. The topological polar surface area (TPSA) is 41.9 Å². The van der Waals surface area contributed by atoms with Gasteiger partial charge in [0.1, 0.15) is 23.9 Å². The average molecular weight is 518 g/mol. The Balaban J connectivity index is 1.00. The Kier molecular flexibility index (Phi) is 7.62. The van der Waals surface area contributed by atoms with Gasteiger partial charge in [0.05, 0.1) is 6.61 Å². The zero-order valence-corrected chi connectivity index (χ0v) is 23.5. The van der Waals surface area contributed by atoms with E-state index in [1.54, 1.807) is 0 Å². The first kappa shape index (κ1) is 26.0. The largest absolute Gasteiger partial charge is 0.508 e. The van der Waals surface area contributed by atoms with E-state index >= 15 is 0 Å².